The Hall–Kier alpha value is -0.840. The Bertz CT molecular complexity index is 609. The van der Waals surface area contributed by atoms with Crippen molar-refractivity contribution >= 4 is 27.7 Å². The molecule has 2 unspecified atom stereocenters. The molecule has 1 amide bonds. The minimum Gasteiger partial charge on any atom is -0.311 e. The Labute approximate surface area is 140 Å². The number of aromatic nitrogens is 2. The first-order chi connectivity index (χ1) is 10.3. The molecule has 0 aliphatic heterocycles. The van der Waals surface area contributed by atoms with Crippen LogP contribution in [0.1, 0.15) is 50.6 Å². The van der Waals surface area contributed by atoms with E-state index in [1.165, 1.54) is 38.5 Å². The number of nitrogens with one attached hydrogen (secondary N) is 1. The number of rotatable bonds is 3. The van der Waals surface area contributed by atoms with E-state index in [-0.39, 0.29) is 11.3 Å². The van der Waals surface area contributed by atoms with Crippen molar-refractivity contribution in [1.29, 1.82) is 0 Å². The fourth-order valence-electron chi connectivity index (χ4n) is 5.80. The SMILES string of the molecule is Cc1cc(NC(=O)CC23CC4CC(CC(Br)(C4)C2)C3)n(C)n1. The summed E-state index contributed by atoms with van der Waals surface area (Å²) in [4.78, 5) is 12.6. The van der Waals surface area contributed by atoms with Crippen molar-refractivity contribution in [2.24, 2.45) is 24.3 Å². The highest BCUT2D eigenvalue weighted by atomic mass is 79.9. The number of carbonyl (C=O) groups is 1. The summed E-state index contributed by atoms with van der Waals surface area (Å²) in [7, 11) is 1.88. The summed E-state index contributed by atoms with van der Waals surface area (Å²) in [5, 5.41) is 7.36. The maximum Gasteiger partial charge on any atom is 0.226 e. The minimum absolute atomic E-state index is 0.154. The van der Waals surface area contributed by atoms with Gasteiger partial charge in [0.2, 0.25) is 5.91 Å². The molecule has 4 saturated carbocycles. The molecule has 0 aromatic carbocycles. The van der Waals surface area contributed by atoms with Gasteiger partial charge in [0.25, 0.3) is 0 Å². The molecule has 4 aliphatic rings. The van der Waals surface area contributed by atoms with Crippen LogP contribution in [0.15, 0.2) is 6.07 Å². The topological polar surface area (TPSA) is 46.9 Å². The molecule has 4 fully saturated rings. The summed E-state index contributed by atoms with van der Waals surface area (Å²) in [6, 6.07) is 1.93. The lowest BCUT2D eigenvalue weighted by atomic mass is 9.48. The Kier molecular flexibility index (Phi) is 3.23. The van der Waals surface area contributed by atoms with E-state index < -0.39 is 0 Å². The zero-order chi connectivity index (χ0) is 15.5. The molecule has 1 aromatic heterocycles. The molecule has 4 nitrogen and oxygen atoms in total. The van der Waals surface area contributed by atoms with Crippen LogP contribution in [0.3, 0.4) is 0 Å². The number of anilines is 1. The van der Waals surface area contributed by atoms with Gasteiger partial charge in [-0.3, -0.25) is 9.48 Å². The van der Waals surface area contributed by atoms with Crippen molar-refractivity contribution in [2.45, 2.75) is 56.2 Å². The van der Waals surface area contributed by atoms with Crippen LogP contribution in [0.4, 0.5) is 5.82 Å². The molecule has 1 aromatic rings. The zero-order valence-corrected chi connectivity index (χ0v) is 14.9. The molecule has 1 heterocycles. The average Bonchev–Trinajstić information content (AvgIpc) is 2.63. The predicted molar refractivity (Wildman–Crippen MR) is 90.0 cm³/mol. The van der Waals surface area contributed by atoms with Gasteiger partial charge in [-0.15, -0.1) is 0 Å². The van der Waals surface area contributed by atoms with Gasteiger partial charge in [-0.05, 0) is 62.7 Å². The molecule has 0 saturated heterocycles. The lowest BCUT2D eigenvalue weighted by Gasteiger charge is -2.60. The normalized spacial score (nSPS) is 39.2. The van der Waals surface area contributed by atoms with Crippen LogP contribution in [0.25, 0.3) is 0 Å². The molecule has 1 N–H and O–H groups in total. The van der Waals surface area contributed by atoms with E-state index in [0.29, 0.717) is 10.7 Å². The van der Waals surface area contributed by atoms with Gasteiger partial charge in [-0.1, -0.05) is 15.9 Å². The molecular weight excluding hydrogens is 342 g/mol. The van der Waals surface area contributed by atoms with E-state index in [2.05, 4.69) is 26.3 Å². The first-order valence-corrected chi connectivity index (χ1v) is 9.14. The highest BCUT2D eigenvalue weighted by Gasteiger charge is 2.57. The van der Waals surface area contributed by atoms with Crippen LogP contribution in [0.5, 0.6) is 0 Å². The van der Waals surface area contributed by atoms with Crippen molar-refractivity contribution in [2.75, 3.05) is 5.32 Å². The van der Waals surface area contributed by atoms with E-state index in [1.807, 2.05) is 20.0 Å². The number of carbonyl (C=O) groups excluding carboxylic acids is 1. The van der Waals surface area contributed by atoms with E-state index in [9.17, 15) is 4.79 Å². The van der Waals surface area contributed by atoms with E-state index >= 15 is 0 Å². The largest absolute Gasteiger partial charge is 0.311 e. The average molecular weight is 366 g/mol. The van der Waals surface area contributed by atoms with Crippen LogP contribution in [0.2, 0.25) is 0 Å². The van der Waals surface area contributed by atoms with Crippen molar-refractivity contribution in [1.82, 2.24) is 9.78 Å². The third-order valence-electron chi connectivity index (χ3n) is 5.92. The molecule has 4 bridgehead atoms. The monoisotopic (exact) mass is 365 g/mol. The van der Waals surface area contributed by atoms with E-state index in [0.717, 1.165) is 23.3 Å². The fourth-order valence-corrected chi connectivity index (χ4v) is 7.31. The summed E-state index contributed by atoms with van der Waals surface area (Å²) >= 11 is 4.02. The molecule has 2 atom stereocenters. The van der Waals surface area contributed by atoms with Crippen LogP contribution in [-0.4, -0.2) is 20.0 Å². The summed E-state index contributed by atoms with van der Waals surface area (Å²) < 4.78 is 2.07. The Morgan fingerprint density at radius 2 is 2.09 bits per heavy atom. The first kappa shape index (κ1) is 14.7. The molecule has 5 heteroatoms. The number of nitrogens with zero attached hydrogens (tertiary/aromatic N) is 2. The van der Waals surface area contributed by atoms with Crippen LogP contribution >= 0.6 is 15.9 Å². The van der Waals surface area contributed by atoms with Gasteiger partial charge in [0, 0.05) is 23.9 Å². The molecular formula is C17H24BrN3O. The molecule has 5 rings (SSSR count). The highest BCUT2D eigenvalue weighted by Crippen LogP contribution is 2.65. The van der Waals surface area contributed by atoms with Crippen LogP contribution in [-0.2, 0) is 11.8 Å². The van der Waals surface area contributed by atoms with Gasteiger partial charge in [0.15, 0.2) is 0 Å². The quantitative estimate of drug-likeness (QED) is 0.828. The van der Waals surface area contributed by atoms with Crippen LogP contribution < -0.4 is 5.32 Å². The van der Waals surface area contributed by atoms with E-state index in [4.69, 9.17) is 0 Å². The van der Waals surface area contributed by atoms with Gasteiger partial charge in [0.05, 0.1) is 5.69 Å². The van der Waals surface area contributed by atoms with Crippen LogP contribution in [0, 0.1) is 24.2 Å². The molecule has 22 heavy (non-hydrogen) atoms. The van der Waals surface area contributed by atoms with E-state index in [1.54, 1.807) is 4.68 Å². The fraction of sp³-hybridized carbons (Fsp3) is 0.765. The second kappa shape index (κ2) is 4.83. The second-order valence-electron chi connectivity index (χ2n) is 8.13. The van der Waals surface area contributed by atoms with Crippen molar-refractivity contribution < 1.29 is 4.79 Å². The summed E-state index contributed by atoms with van der Waals surface area (Å²) in [5.41, 5.74) is 1.16. The molecule has 0 spiro atoms. The lowest BCUT2D eigenvalue weighted by molar-refractivity contribution is -0.123. The summed E-state index contributed by atoms with van der Waals surface area (Å²) in [5.74, 6) is 2.61. The van der Waals surface area contributed by atoms with Gasteiger partial charge in [0.1, 0.15) is 5.82 Å². The minimum atomic E-state index is 0.154. The van der Waals surface area contributed by atoms with Crippen molar-refractivity contribution in [3.8, 4) is 0 Å². The number of aryl methyl sites for hydroxylation is 2. The number of halogens is 1. The predicted octanol–water partition coefficient (Wildman–Crippen LogP) is 3.79. The smallest absolute Gasteiger partial charge is 0.226 e. The summed E-state index contributed by atoms with van der Waals surface area (Å²) in [6.07, 6.45) is 8.34. The van der Waals surface area contributed by atoms with Gasteiger partial charge in [-0.25, -0.2) is 0 Å². The summed E-state index contributed by atoms with van der Waals surface area (Å²) in [6.45, 7) is 1.95. The van der Waals surface area contributed by atoms with Crippen molar-refractivity contribution in [3.63, 3.8) is 0 Å². The third-order valence-corrected chi connectivity index (χ3v) is 6.84. The molecule has 4 aliphatic carbocycles. The van der Waals surface area contributed by atoms with Crippen molar-refractivity contribution in [3.05, 3.63) is 11.8 Å². The zero-order valence-electron chi connectivity index (χ0n) is 13.4. The van der Waals surface area contributed by atoms with Gasteiger partial charge in [-0.2, -0.15) is 5.10 Å². The number of alkyl halides is 1. The first-order valence-electron chi connectivity index (χ1n) is 8.34. The van der Waals surface area contributed by atoms with Gasteiger partial charge >= 0.3 is 0 Å². The molecule has 0 radical (unpaired) electrons. The Morgan fingerprint density at radius 3 is 2.64 bits per heavy atom. The lowest BCUT2D eigenvalue weighted by Crippen LogP contribution is -2.53. The second-order valence-corrected chi connectivity index (χ2v) is 9.81. The Balaban J connectivity index is 1.49. The van der Waals surface area contributed by atoms with Gasteiger partial charge < -0.3 is 5.32 Å². The maximum atomic E-state index is 12.6. The number of hydrogen-bond donors (Lipinski definition) is 1. The highest BCUT2D eigenvalue weighted by molar-refractivity contribution is 9.10. The third kappa shape index (κ3) is 2.51. The maximum absolute atomic E-state index is 12.6. The standard InChI is InChI=1S/C17H24BrN3O/c1-11-3-14(21(2)20-11)19-15(22)9-16-5-12-4-13(6-16)8-17(18,7-12)10-16/h3,12-13H,4-10H2,1-2H3,(H,19,22). The molecule has 120 valence electrons. The number of hydrogen-bond acceptors (Lipinski definition) is 2. The number of amides is 1. The Morgan fingerprint density at radius 1 is 1.41 bits per heavy atom.